The summed E-state index contributed by atoms with van der Waals surface area (Å²) in [4.78, 5) is 29.8. The minimum absolute atomic E-state index is 0.00230. The molecule has 4 nitrogen and oxygen atoms in total. The highest BCUT2D eigenvalue weighted by Gasteiger charge is 2.30. The molecule has 0 unspecified atom stereocenters. The predicted octanol–water partition coefficient (Wildman–Crippen LogP) is 5.64. The van der Waals surface area contributed by atoms with Crippen LogP contribution in [0.4, 0.5) is 0 Å². The highest BCUT2D eigenvalue weighted by Crippen LogP contribution is 2.21. The van der Waals surface area contributed by atoms with Crippen molar-refractivity contribution in [2.24, 2.45) is 0 Å². The number of nitrogens with zero attached hydrogens (tertiary/aromatic N) is 1. The van der Waals surface area contributed by atoms with Gasteiger partial charge >= 0.3 is 0 Å². The lowest BCUT2D eigenvalue weighted by molar-refractivity contribution is -0.141. The summed E-state index contributed by atoms with van der Waals surface area (Å²) in [6, 6.07) is 27.6. The van der Waals surface area contributed by atoms with Crippen LogP contribution in [0, 0.1) is 6.92 Å². The molecule has 3 rings (SSSR count). The normalized spacial score (nSPS) is 11.6. The molecular formula is C29H34N2O2S. The van der Waals surface area contributed by atoms with E-state index in [1.165, 1.54) is 0 Å². The van der Waals surface area contributed by atoms with E-state index in [4.69, 9.17) is 0 Å². The van der Waals surface area contributed by atoms with Crippen LogP contribution in [0.1, 0.15) is 36.5 Å². The Hall–Kier alpha value is -3.05. The van der Waals surface area contributed by atoms with Crippen LogP contribution in [0.2, 0.25) is 0 Å². The van der Waals surface area contributed by atoms with Gasteiger partial charge in [-0.2, -0.15) is 0 Å². The Bertz CT molecular complexity index is 1040. The van der Waals surface area contributed by atoms with Crippen molar-refractivity contribution in [3.8, 4) is 0 Å². The van der Waals surface area contributed by atoms with Gasteiger partial charge in [-0.15, -0.1) is 11.8 Å². The fourth-order valence-electron chi connectivity index (χ4n) is 3.84. The molecule has 3 aromatic carbocycles. The molecule has 0 saturated heterocycles. The van der Waals surface area contributed by atoms with Crippen LogP contribution in [-0.4, -0.2) is 35.1 Å². The van der Waals surface area contributed by atoms with Crippen LogP contribution in [0.25, 0.3) is 0 Å². The molecule has 0 aromatic heterocycles. The zero-order chi connectivity index (χ0) is 24.2. The second-order valence-corrected chi connectivity index (χ2v) is 9.59. The molecule has 0 aliphatic heterocycles. The lowest BCUT2D eigenvalue weighted by Crippen LogP contribution is -2.50. The van der Waals surface area contributed by atoms with Crippen molar-refractivity contribution in [2.75, 3.05) is 12.3 Å². The molecule has 0 heterocycles. The molecule has 0 aliphatic rings. The van der Waals surface area contributed by atoms with Crippen molar-refractivity contribution >= 4 is 23.6 Å². The SMILES string of the molecule is CCCNC(=O)[C@@H](Cc1ccccc1)N(Cc1cccc(C)c1)C(=O)CCSc1ccccc1. The third kappa shape index (κ3) is 8.07. The summed E-state index contributed by atoms with van der Waals surface area (Å²) in [5, 5.41) is 3.03. The van der Waals surface area contributed by atoms with Gasteiger partial charge in [-0.05, 0) is 36.6 Å². The molecule has 5 heteroatoms. The first-order chi connectivity index (χ1) is 16.6. The zero-order valence-corrected chi connectivity index (χ0v) is 20.9. The minimum atomic E-state index is -0.566. The van der Waals surface area contributed by atoms with Crippen LogP contribution >= 0.6 is 11.8 Å². The molecule has 0 radical (unpaired) electrons. The maximum Gasteiger partial charge on any atom is 0.243 e. The molecule has 34 heavy (non-hydrogen) atoms. The van der Waals surface area contributed by atoms with Crippen molar-refractivity contribution in [1.82, 2.24) is 10.2 Å². The Morgan fingerprint density at radius 2 is 1.59 bits per heavy atom. The Morgan fingerprint density at radius 3 is 2.26 bits per heavy atom. The summed E-state index contributed by atoms with van der Waals surface area (Å²) in [5.74, 6) is 0.571. The van der Waals surface area contributed by atoms with Crippen LogP contribution in [-0.2, 0) is 22.6 Å². The first-order valence-electron chi connectivity index (χ1n) is 11.9. The number of benzene rings is 3. The number of carbonyl (C=O) groups is 2. The van der Waals surface area contributed by atoms with Gasteiger partial charge in [0.1, 0.15) is 6.04 Å². The summed E-state index contributed by atoms with van der Waals surface area (Å²) < 4.78 is 0. The van der Waals surface area contributed by atoms with Crippen LogP contribution in [0.15, 0.2) is 89.8 Å². The molecule has 0 fully saturated rings. The minimum Gasteiger partial charge on any atom is -0.354 e. The van der Waals surface area contributed by atoms with Gasteiger partial charge < -0.3 is 10.2 Å². The monoisotopic (exact) mass is 474 g/mol. The number of aryl methyl sites for hydroxylation is 1. The largest absolute Gasteiger partial charge is 0.354 e. The average Bonchev–Trinajstić information content (AvgIpc) is 2.86. The Kier molecular flexibility index (Phi) is 10.2. The highest BCUT2D eigenvalue weighted by molar-refractivity contribution is 7.99. The van der Waals surface area contributed by atoms with Gasteiger partial charge in [-0.1, -0.05) is 85.3 Å². The number of rotatable bonds is 12. The second-order valence-electron chi connectivity index (χ2n) is 8.42. The topological polar surface area (TPSA) is 49.4 Å². The molecule has 0 saturated carbocycles. The number of hydrogen-bond acceptors (Lipinski definition) is 3. The van der Waals surface area contributed by atoms with Crippen LogP contribution < -0.4 is 5.32 Å². The third-order valence-corrected chi connectivity index (χ3v) is 6.60. The average molecular weight is 475 g/mol. The lowest BCUT2D eigenvalue weighted by atomic mass is 10.0. The molecule has 0 bridgehead atoms. The van der Waals surface area contributed by atoms with E-state index in [9.17, 15) is 9.59 Å². The molecule has 178 valence electrons. The smallest absolute Gasteiger partial charge is 0.243 e. The van der Waals surface area contributed by atoms with Gasteiger partial charge in [0.05, 0.1) is 0 Å². The number of amides is 2. The summed E-state index contributed by atoms with van der Waals surface area (Å²) >= 11 is 1.66. The van der Waals surface area contributed by atoms with Crippen LogP contribution in [0.3, 0.4) is 0 Å². The number of thioether (sulfide) groups is 1. The molecular weight excluding hydrogens is 440 g/mol. The Balaban J connectivity index is 1.83. The Labute approximate surface area is 207 Å². The maximum atomic E-state index is 13.6. The van der Waals surface area contributed by atoms with Crippen LogP contribution in [0.5, 0.6) is 0 Å². The van der Waals surface area contributed by atoms with Gasteiger partial charge in [0.25, 0.3) is 0 Å². The van der Waals surface area contributed by atoms with Crippen molar-refractivity contribution in [2.45, 2.75) is 50.6 Å². The first-order valence-corrected chi connectivity index (χ1v) is 12.9. The van der Waals surface area contributed by atoms with Crippen molar-refractivity contribution in [1.29, 1.82) is 0 Å². The van der Waals surface area contributed by atoms with Crippen molar-refractivity contribution < 1.29 is 9.59 Å². The van der Waals surface area contributed by atoms with E-state index in [1.54, 1.807) is 16.7 Å². The third-order valence-electron chi connectivity index (χ3n) is 5.58. The maximum absolute atomic E-state index is 13.6. The molecule has 2 amide bonds. The van der Waals surface area contributed by atoms with E-state index < -0.39 is 6.04 Å². The van der Waals surface area contributed by atoms with Gasteiger partial charge in [0.2, 0.25) is 11.8 Å². The van der Waals surface area contributed by atoms with E-state index in [-0.39, 0.29) is 11.8 Å². The van der Waals surface area contributed by atoms with E-state index in [0.29, 0.717) is 31.7 Å². The summed E-state index contributed by atoms with van der Waals surface area (Å²) in [6.45, 7) is 5.08. The van der Waals surface area contributed by atoms with E-state index in [2.05, 4.69) is 23.5 Å². The van der Waals surface area contributed by atoms with Gasteiger partial charge in [-0.3, -0.25) is 9.59 Å². The fraction of sp³-hybridized carbons (Fsp3) is 0.310. The molecule has 0 spiro atoms. The standard InChI is InChI=1S/C29H34N2O2S/c1-3-18-30-29(33)27(21-24-12-6-4-7-13-24)31(22-25-14-10-11-23(2)20-25)28(32)17-19-34-26-15-8-5-9-16-26/h4-16,20,27H,3,17-19,21-22H2,1-2H3,(H,30,33)/t27-/m1/s1. The molecule has 0 aliphatic carbocycles. The number of carbonyl (C=O) groups excluding carboxylic acids is 2. The molecule has 1 N–H and O–H groups in total. The predicted molar refractivity (Wildman–Crippen MR) is 141 cm³/mol. The number of nitrogens with one attached hydrogen (secondary N) is 1. The first kappa shape index (κ1) is 25.6. The van der Waals surface area contributed by atoms with E-state index in [0.717, 1.165) is 28.0 Å². The van der Waals surface area contributed by atoms with Gasteiger partial charge in [-0.25, -0.2) is 0 Å². The number of hydrogen-bond donors (Lipinski definition) is 1. The lowest BCUT2D eigenvalue weighted by Gasteiger charge is -2.31. The summed E-state index contributed by atoms with van der Waals surface area (Å²) in [6.07, 6.45) is 1.71. The summed E-state index contributed by atoms with van der Waals surface area (Å²) in [5.41, 5.74) is 3.21. The summed E-state index contributed by atoms with van der Waals surface area (Å²) in [7, 11) is 0. The van der Waals surface area contributed by atoms with E-state index in [1.807, 2.05) is 80.6 Å². The molecule has 1 atom stereocenters. The second kappa shape index (κ2) is 13.6. The quantitative estimate of drug-likeness (QED) is 0.346. The fourth-order valence-corrected chi connectivity index (χ4v) is 4.71. The zero-order valence-electron chi connectivity index (χ0n) is 20.1. The highest BCUT2D eigenvalue weighted by atomic mass is 32.2. The van der Waals surface area contributed by atoms with Crippen molar-refractivity contribution in [3.63, 3.8) is 0 Å². The molecule has 3 aromatic rings. The van der Waals surface area contributed by atoms with Crippen molar-refractivity contribution in [3.05, 3.63) is 102 Å². The Morgan fingerprint density at radius 1 is 0.912 bits per heavy atom. The van der Waals surface area contributed by atoms with E-state index >= 15 is 0 Å². The van der Waals surface area contributed by atoms with Gasteiger partial charge in [0, 0.05) is 36.6 Å². The van der Waals surface area contributed by atoms with Gasteiger partial charge in [0.15, 0.2) is 0 Å².